The molecule has 6 nitrogen and oxygen atoms in total. The van der Waals surface area contributed by atoms with E-state index in [1.54, 1.807) is 48.5 Å². The van der Waals surface area contributed by atoms with Gasteiger partial charge in [-0.1, -0.05) is 15.9 Å². The predicted octanol–water partition coefficient (Wildman–Crippen LogP) is 8.42. The molecule has 0 aliphatic carbocycles. The summed E-state index contributed by atoms with van der Waals surface area (Å²) in [6.07, 6.45) is -9.41. The van der Waals surface area contributed by atoms with E-state index < -0.39 is 12.7 Å². The minimum Gasteiger partial charge on any atom is -0.537 e. The average molecular weight is 630 g/mol. The van der Waals surface area contributed by atoms with Crippen molar-refractivity contribution in [3.8, 4) is 40.2 Å². The summed E-state index contributed by atoms with van der Waals surface area (Å²) in [5.74, 6) is 1.65. The fourth-order valence-corrected chi connectivity index (χ4v) is 3.10. The first-order valence-electron chi connectivity index (χ1n) is 10.9. The second-order valence-electron chi connectivity index (χ2n) is 7.39. The third-order valence-electron chi connectivity index (χ3n) is 4.41. The van der Waals surface area contributed by atoms with E-state index in [0.717, 1.165) is 16.6 Å². The zero-order valence-electron chi connectivity index (χ0n) is 19.9. The Morgan fingerprint density at radius 2 is 0.750 bits per heavy atom. The molecule has 0 bridgehead atoms. The van der Waals surface area contributed by atoms with Crippen LogP contribution in [0.3, 0.4) is 0 Å². The van der Waals surface area contributed by atoms with Gasteiger partial charge in [-0.2, -0.15) is 0 Å². The standard InChI is InChI=1S/C13H9BF3O4.C13H8BrF3O2/c15-13(16,17)20-11-5-1-9(2-6-11)19-10-3-7-12(8-4-10)21-14-18;14-9-1-3-10(4-2-9)18-11-5-7-12(8-6-11)19-13(15,16)17/h1-8,18H;1-8H. The van der Waals surface area contributed by atoms with Crippen LogP contribution in [0.1, 0.15) is 0 Å². The van der Waals surface area contributed by atoms with Gasteiger partial charge >= 0.3 is 20.4 Å². The number of alkyl halides is 6. The van der Waals surface area contributed by atoms with Gasteiger partial charge < -0.3 is 28.6 Å². The van der Waals surface area contributed by atoms with Crippen molar-refractivity contribution in [2.24, 2.45) is 0 Å². The number of rotatable bonds is 8. The quantitative estimate of drug-likeness (QED) is 0.156. The van der Waals surface area contributed by atoms with Gasteiger partial charge in [0.15, 0.2) is 0 Å². The first kappa shape index (κ1) is 30.5. The minimum atomic E-state index is -4.72. The Bertz CT molecular complexity index is 1320. The van der Waals surface area contributed by atoms with Crippen LogP contribution in [-0.2, 0) is 0 Å². The number of ether oxygens (including phenoxy) is 4. The molecule has 0 saturated heterocycles. The molecule has 1 radical (unpaired) electrons. The molecule has 14 heteroatoms. The van der Waals surface area contributed by atoms with Gasteiger partial charge in [0, 0.05) is 4.47 Å². The fourth-order valence-electron chi connectivity index (χ4n) is 2.84. The lowest BCUT2D eigenvalue weighted by Gasteiger charge is -2.10. The number of hydrogen-bond donors (Lipinski definition) is 1. The first-order chi connectivity index (χ1) is 18.9. The van der Waals surface area contributed by atoms with Crippen molar-refractivity contribution in [1.82, 2.24) is 0 Å². The van der Waals surface area contributed by atoms with Crippen molar-refractivity contribution >= 4 is 23.6 Å². The van der Waals surface area contributed by atoms with Crippen molar-refractivity contribution in [2.45, 2.75) is 12.7 Å². The Hall–Kier alpha value is -4.04. The lowest BCUT2D eigenvalue weighted by Crippen LogP contribution is -2.16. The summed E-state index contributed by atoms with van der Waals surface area (Å²) in [5, 5.41) is 8.46. The third-order valence-corrected chi connectivity index (χ3v) is 4.94. The summed E-state index contributed by atoms with van der Waals surface area (Å²) in [4.78, 5) is 0. The Balaban J connectivity index is 0.000000222. The monoisotopic (exact) mass is 629 g/mol. The Kier molecular flexibility index (Phi) is 10.6. The highest BCUT2D eigenvalue weighted by Gasteiger charge is 2.31. The molecular weight excluding hydrogens is 613 g/mol. The minimum absolute atomic E-state index is 0.282. The Labute approximate surface area is 233 Å². The van der Waals surface area contributed by atoms with Crippen LogP contribution in [-0.4, -0.2) is 25.4 Å². The molecule has 0 aliphatic heterocycles. The molecule has 0 heterocycles. The maximum Gasteiger partial charge on any atom is 0.573 e. The molecule has 0 spiro atoms. The normalized spacial score (nSPS) is 11.0. The molecule has 1 N–H and O–H groups in total. The number of halogens is 7. The molecule has 0 atom stereocenters. The summed E-state index contributed by atoms with van der Waals surface area (Å²) in [6, 6.07) is 23.6. The van der Waals surface area contributed by atoms with Crippen LogP contribution in [0.15, 0.2) is 102 Å². The summed E-state index contributed by atoms with van der Waals surface area (Å²) >= 11 is 3.29. The van der Waals surface area contributed by atoms with E-state index in [0.29, 0.717) is 36.4 Å². The third kappa shape index (κ3) is 11.4. The van der Waals surface area contributed by atoms with Crippen LogP contribution in [0.5, 0.6) is 40.2 Å². The molecular formula is C26H17BBrF6O6. The van der Waals surface area contributed by atoms with Crippen LogP contribution >= 0.6 is 15.9 Å². The molecule has 0 amide bonds. The van der Waals surface area contributed by atoms with E-state index >= 15 is 0 Å². The van der Waals surface area contributed by atoms with Crippen LogP contribution in [0.25, 0.3) is 0 Å². The van der Waals surface area contributed by atoms with Gasteiger partial charge in [0.25, 0.3) is 0 Å². The van der Waals surface area contributed by atoms with Gasteiger partial charge in [0.2, 0.25) is 0 Å². The van der Waals surface area contributed by atoms with E-state index in [2.05, 4.69) is 25.4 Å². The van der Waals surface area contributed by atoms with E-state index in [1.807, 2.05) is 0 Å². The number of hydrogen-bond acceptors (Lipinski definition) is 6. The highest BCUT2D eigenvalue weighted by molar-refractivity contribution is 9.10. The first-order valence-corrected chi connectivity index (χ1v) is 11.7. The molecule has 40 heavy (non-hydrogen) atoms. The van der Waals surface area contributed by atoms with E-state index in [1.165, 1.54) is 36.4 Å². The van der Waals surface area contributed by atoms with Gasteiger partial charge in [-0.05, 0) is 97.1 Å². The van der Waals surface area contributed by atoms with Gasteiger partial charge in [-0.25, -0.2) is 0 Å². The average Bonchev–Trinajstić information content (AvgIpc) is 2.88. The van der Waals surface area contributed by atoms with E-state index in [4.69, 9.17) is 19.2 Å². The Morgan fingerprint density at radius 1 is 0.475 bits per heavy atom. The Morgan fingerprint density at radius 3 is 1.05 bits per heavy atom. The summed E-state index contributed by atoms with van der Waals surface area (Å²) in [6.45, 7) is 0. The van der Waals surface area contributed by atoms with E-state index in [-0.39, 0.29) is 11.5 Å². The maximum atomic E-state index is 12.0. The molecule has 0 unspecified atom stereocenters. The SMILES string of the molecule is FC(F)(F)Oc1ccc(Oc2ccc(Br)cc2)cc1.O[B]Oc1ccc(Oc2ccc(OC(F)(F)F)cc2)cc1. The topological polar surface area (TPSA) is 66.4 Å². The molecule has 0 fully saturated rings. The van der Waals surface area contributed by atoms with Gasteiger partial charge in [-0.3, -0.25) is 0 Å². The molecule has 209 valence electrons. The predicted molar refractivity (Wildman–Crippen MR) is 136 cm³/mol. The van der Waals surface area contributed by atoms with Gasteiger partial charge in [0.1, 0.15) is 40.2 Å². The fraction of sp³-hybridized carbons (Fsp3) is 0.0769. The second kappa shape index (κ2) is 13.9. The molecule has 4 rings (SSSR count). The lowest BCUT2D eigenvalue weighted by molar-refractivity contribution is -0.275. The molecule has 0 saturated carbocycles. The van der Waals surface area contributed by atoms with Crippen molar-refractivity contribution in [3.63, 3.8) is 0 Å². The lowest BCUT2D eigenvalue weighted by atomic mass is 10.3. The van der Waals surface area contributed by atoms with Crippen LogP contribution in [0.4, 0.5) is 26.3 Å². The van der Waals surface area contributed by atoms with E-state index in [9.17, 15) is 26.3 Å². The van der Waals surface area contributed by atoms with Crippen LogP contribution in [0, 0.1) is 0 Å². The van der Waals surface area contributed by atoms with Crippen LogP contribution < -0.4 is 23.6 Å². The van der Waals surface area contributed by atoms with Crippen molar-refractivity contribution < 1.29 is 55.0 Å². The molecule has 0 aromatic heterocycles. The summed E-state index contributed by atoms with van der Waals surface area (Å²) < 4.78 is 96.0. The smallest absolute Gasteiger partial charge is 0.537 e. The van der Waals surface area contributed by atoms with Crippen molar-refractivity contribution in [1.29, 1.82) is 0 Å². The maximum absolute atomic E-state index is 12.0. The molecule has 0 aliphatic rings. The zero-order valence-corrected chi connectivity index (χ0v) is 21.5. The molecule has 4 aromatic rings. The van der Waals surface area contributed by atoms with Crippen LogP contribution in [0.2, 0.25) is 0 Å². The molecule has 4 aromatic carbocycles. The highest BCUT2D eigenvalue weighted by Crippen LogP contribution is 2.29. The summed E-state index contributed by atoms with van der Waals surface area (Å²) in [7, 11) is 0.551. The van der Waals surface area contributed by atoms with Crippen molar-refractivity contribution in [2.75, 3.05) is 0 Å². The number of benzene rings is 4. The van der Waals surface area contributed by atoms with Gasteiger partial charge in [-0.15, -0.1) is 26.3 Å². The highest BCUT2D eigenvalue weighted by atomic mass is 79.9. The largest absolute Gasteiger partial charge is 0.573 e. The van der Waals surface area contributed by atoms with Gasteiger partial charge in [0.05, 0.1) is 0 Å². The zero-order chi connectivity index (χ0) is 29.2. The van der Waals surface area contributed by atoms with Crippen molar-refractivity contribution in [3.05, 3.63) is 102 Å². The summed E-state index contributed by atoms with van der Waals surface area (Å²) in [5.41, 5.74) is 0. The second-order valence-corrected chi connectivity index (χ2v) is 8.31.